The number of aliphatic hydroxyl groups is 1. The lowest BCUT2D eigenvalue weighted by molar-refractivity contribution is 0.0929. The Hall–Kier alpha value is -1.79. The fourth-order valence-corrected chi connectivity index (χ4v) is 2.76. The maximum atomic E-state index is 12.4. The molecule has 2 atom stereocenters. The smallest absolute Gasteiger partial charge is 0.251 e. The molecule has 1 fully saturated rings. The highest BCUT2D eigenvalue weighted by atomic mass is 16.2. The number of carbonyl (C=O) groups is 1. The average Bonchev–Trinajstić information content (AvgIpc) is 2.83. The van der Waals surface area contributed by atoms with Crippen molar-refractivity contribution in [3.05, 3.63) is 34.9 Å². The molecule has 3 heteroatoms. The van der Waals surface area contributed by atoms with E-state index in [1.807, 2.05) is 25.1 Å². The standard InChI is InChI=1S/C17H21NO2/c1-12-6-3-10-16(12)18-17(20)15-9-4-7-14(13(15)2)8-5-11-19/h4,7,9,12,16,19H,3,6,10-11H2,1-2H3,(H,18,20). The van der Waals surface area contributed by atoms with Crippen LogP contribution in [-0.4, -0.2) is 23.7 Å². The summed E-state index contributed by atoms with van der Waals surface area (Å²) in [6, 6.07) is 5.82. The van der Waals surface area contributed by atoms with Gasteiger partial charge in [-0.2, -0.15) is 0 Å². The Bertz CT molecular complexity index is 554. The van der Waals surface area contributed by atoms with Crippen molar-refractivity contribution in [1.29, 1.82) is 0 Å². The van der Waals surface area contributed by atoms with Gasteiger partial charge in [-0.1, -0.05) is 31.3 Å². The molecule has 0 saturated heterocycles. The fraction of sp³-hybridized carbons (Fsp3) is 0.471. The molecule has 1 aromatic rings. The van der Waals surface area contributed by atoms with Crippen LogP contribution in [0.25, 0.3) is 0 Å². The van der Waals surface area contributed by atoms with Gasteiger partial charge in [-0.25, -0.2) is 0 Å². The zero-order chi connectivity index (χ0) is 14.5. The van der Waals surface area contributed by atoms with E-state index in [0.717, 1.165) is 17.5 Å². The van der Waals surface area contributed by atoms with E-state index in [1.54, 1.807) is 0 Å². The molecule has 0 aliphatic heterocycles. The normalized spacial score (nSPS) is 21.1. The maximum absolute atomic E-state index is 12.4. The molecule has 2 rings (SSSR count). The van der Waals surface area contributed by atoms with Gasteiger partial charge >= 0.3 is 0 Å². The van der Waals surface area contributed by atoms with Crippen LogP contribution in [0.1, 0.15) is 47.7 Å². The highest BCUT2D eigenvalue weighted by Gasteiger charge is 2.25. The van der Waals surface area contributed by atoms with Crippen LogP contribution in [0.2, 0.25) is 0 Å². The zero-order valence-corrected chi connectivity index (χ0v) is 12.1. The molecular formula is C17H21NO2. The number of aliphatic hydroxyl groups excluding tert-OH is 1. The summed E-state index contributed by atoms with van der Waals surface area (Å²) in [5.41, 5.74) is 2.34. The van der Waals surface area contributed by atoms with Crippen LogP contribution in [0.3, 0.4) is 0 Å². The summed E-state index contributed by atoms with van der Waals surface area (Å²) in [4.78, 5) is 12.4. The molecule has 1 aliphatic carbocycles. The monoisotopic (exact) mass is 271 g/mol. The second-order valence-corrected chi connectivity index (χ2v) is 5.43. The van der Waals surface area contributed by atoms with Gasteiger partial charge in [-0.15, -0.1) is 0 Å². The summed E-state index contributed by atoms with van der Waals surface area (Å²) in [6.07, 6.45) is 3.44. The van der Waals surface area contributed by atoms with Gasteiger partial charge in [-0.3, -0.25) is 4.79 Å². The van der Waals surface area contributed by atoms with Crippen molar-refractivity contribution in [2.75, 3.05) is 6.61 Å². The van der Waals surface area contributed by atoms with E-state index in [-0.39, 0.29) is 18.6 Å². The lowest BCUT2D eigenvalue weighted by atomic mass is 10.0. The molecule has 1 aliphatic rings. The largest absolute Gasteiger partial charge is 0.384 e. The van der Waals surface area contributed by atoms with Crippen molar-refractivity contribution >= 4 is 5.91 Å². The summed E-state index contributed by atoms with van der Waals surface area (Å²) in [5, 5.41) is 11.9. The number of hydrogen-bond acceptors (Lipinski definition) is 2. The Morgan fingerprint density at radius 3 is 2.90 bits per heavy atom. The molecule has 0 bridgehead atoms. The van der Waals surface area contributed by atoms with E-state index in [2.05, 4.69) is 24.1 Å². The number of nitrogens with one attached hydrogen (secondary N) is 1. The Morgan fingerprint density at radius 1 is 1.45 bits per heavy atom. The van der Waals surface area contributed by atoms with Crippen molar-refractivity contribution < 1.29 is 9.90 Å². The van der Waals surface area contributed by atoms with Crippen molar-refractivity contribution in [1.82, 2.24) is 5.32 Å². The third kappa shape index (κ3) is 3.20. The molecule has 106 valence electrons. The summed E-state index contributed by atoms with van der Waals surface area (Å²) >= 11 is 0. The van der Waals surface area contributed by atoms with E-state index in [9.17, 15) is 4.79 Å². The number of hydrogen-bond donors (Lipinski definition) is 2. The highest BCUT2D eigenvalue weighted by molar-refractivity contribution is 5.96. The zero-order valence-electron chi connectivity index (χ0n) is 12.1. The lowest BCUT2D eigenvalue weighted by Gasteiger charge is -2.18. The van der Waals surface area contributed by atoms with Gasteiger partial charge in [0.15, 0.2) is 0 Å². The summed E-state index contributed by atoms with van der Waals surface area (Å²) in [7, 11) is 0. The molecule has 2 N–H and O–H groups in total. The molecule has 20 heavy (non-hydrogen) atoms. The van der Waals surface area contributed by atoms with Crippen molar-refractivity contribution in [2.24, 2.45) is 5.92 Å². The van der Waals surface area contributed by atoms with Crippen molar-refractivity contribution in [3.63, 3.8) is 0 Å². The number of carbonyl (C=O) groups excluding carboxylic acids is 1. The Morgan fingerprint density at radius 2 is 2.25 bits per heavy atom. The van der Waals surface area contributed by atoms with E-state index in [0.29, 0.717) is 11.5 Å². The predicted octanol–water partition coefficient (Wildman–Crippen LogP) is 2.26. The molecule has 1 amide bonds. The van der Waals surface area contributed by atoms with Gasteiger partial charge in [0, 0.05) is 17.2 Å². The molecule has 0 aromatic heterocycles. The Labute approximate surface area is 120 Å². The van der Waals surface area contributed by atoms with E-state index >= 15 is 0 Å². The van der Waals surface area contributed by atoms with E-state index < -0.39 is 0 Å². The first-order valence-electron chi connectivity index (χ1n) is 7.13. The van der Waals surface area contributed by atoms with Crippen LogP contribution in [0, 0.1) is 24.7 Å². The minimum atomic E-state index is -0.171. The van der Waals surface area contributed by atoms with Gasteiger partial charge in [0.2, 0.25) is 0 Å². The summed E-state index contributed by atoms with van der Waals surface area (Å²) in [6.45, 7) is 3.91. The first kappa shape index (κ1) is 14.6. The fourth-order valence-electron chi connectivity index (χ4n) is 2.76. The second kappa shape index (κ2) is 6.58. The van der Waals surface area contributed by atoms with Crippen LogP contribution in [0.4, 0.5) is 0 Å². The minimum absolute atomic E-state index is 0.0195. The van der Waals surface area contributed by atoms with Gasteiger partial charge < -0.3 is 10.4 Å². The molecule has 2 unspecified atom stereocenters. The molecule has 1 aromatic carbocycles. The molecule has 0 heterocycles. The van der Waals surface area contributed by atoms with Crippen molar-refractivity contribution in [3.8, 4) is 11.8 Å². The Balaban J connectivity index is 2.17. The van der Waals surface area contributed by atoms with Gasteiger partial charge in [-0.05, 0) is 43.4 Å². The summed E-state index contributed by atoms with van der Waals surface area (Å²) in [5.74, 6) is 6.04. The molecule has 3 nitrogen and oxygen atoms in total. The second-order valence-electron chi connectivity index (χ2n) is 5.43. The quantitative estimate of drug-likeness (QED) is 0.811. The summed E-state index contributed by atoms with van der Waals surface area (Å²) < 4.78 is 0. The maximum Gasteiger partial charge on any atom is 0.251 e. The minimum Gasteiger partial charge on any atom is -0.384 e. The first-order valence-corrected chi connectivity index (χ1v) is 7.13. The predicted molar refractivity (Wildman–Crippen MR) is 79.4 cm³/mol. The molecule has 0 radical (unpaired) electrons. The third-order valence-corrected chi connectivity index (χ3v) is 4.06. The first-order chi connectivity index (χ1) is 9.63. The van der Waals surface area contributed by atoms with Crippen molar-refractivity contribution in [2.45, 2.75) is 39.2 Å². The van der Waals surface area contributed by atoms with Gasteiger partial charge in [0.1, 0.15) is 6.61 Å². The van der Waals surface area contributed by atoms with Gasteiger partial charge in [0.25, 0.3) is 5.91 Å². The lowest BCUT2D eigenvalue weighted by Crippen LogP contribution is -2.36. The number of rotatable bonds is 2. The number of benzene rings is 1. The van der Waals surface area contributed by atoms with E-state index in [4.69, 9.17) is 5.11 Å². The third-order valence-electron chi connectivity index (χ3n) is 4.06. The average molecular weight is 271 g/mol. The SMILES string of the molecule is Cc1c(C#CCO)cccc1C(=O)NC1CCCC1C. The topological polar surface area (TPSA) is 49.3 Å². The van der Waals surface area contributed by atoms with Gasteiger partial charge in [0.05, 0.1) is 0 Å². The molecular weight excluding hydrogens is 250 g/mol. The highest BCUT2D eigenvalue weighted by Crippen LogP contribution is 2.25. The van der Waals surface area contributed by atoms with Crippen LogP contribution in [0.15, 0.2) is 18.2 Å². The molecule has 0 spiro atoms. The van der Waals surface area contributed by atoms with Crippen LogP contribution < -0.4 is 5.32 Å². The van der Waals surface area contributed by atoms with Crippen LogP contribution in [-0.2, 0) is 0 Å². The van der Waals surface area contributed by atoms with Crippen LogP contribution >= 0.6 is 0 Å². The molecule has 1 saturated carbocycles. The number of amides is 1. The Kier molecular flexibility index (Phi) is 4.81. The van der Waals surface area contributed by atoms with E-state index in [1.165, 1.54) is 12.8 Å². The van der Waals surface area contributed by atoms with Crippen LogP contribution in [0.5, 0.6) is 0 Å².